The van der Waals surface area contributed by atoms with Gasteiger partial charge in [-0.05, 0) is 36.2 Å². The number of hydrogen-bond acceptors (Lipinski definition) is 5. The molecule has 0 aliphatic heterocycles. The van der Waals surface area contributed by atoms with Gasteiger partial charge in [0.15, 0.2) is 0 Å². The molecule has 2 aromatic rings. The second-order valence-electron chi connectivity index (χ2n) is 4.56. The fourth-order valence-electron chi connectivity index (χ4n) is 1.74. The van der Waals surface area contributed by atoms with Crippen LogP contribution in [-0.4, -0.2) is 23.3 Å². The summed E-state index contributed by atoms with van der Waals surface area (Å²) in [6.07, 6.45) is -0.648. The summed E-state index contributed by atoms with van der Waals surface area (Å²) in [6.45, 7) is 0. The highest BCUT2D eigenvalue weighted by Gasteiger charge is 2.12. The maximum Gasteiger partial charge on any atom is 0.519 e. The van der Waals surface area contributed by atoms with Gasteiger partial charge in [0.05, 0.1) is 0 Å². The quantitative estimate of drug-likeness (QED) is 0.649. The first-order valence-electron chi connectivity index (χ1n) is 6.56. The van der Waals surface area contributed by atoms with Gasteiger partial charge in [0, 0.05) is 0 Å². The molecule has 0 bridgehead atoms. The number of para-hydroxylation sites is 1. The monoisotopic (exact) mass is 301 g/mol. The lowest BCUT2D eigenvalue weighted by atomic mass is 10.1. The Labute approximate surface area is 127 Å². The molecule has 0 amide bonds. The van der Waals surface area contributed by atoms with E-state index < -0.39 is 18.2 Å². The van der Waals surface area contributed by atoms with Gasteiger partial charge in [0.25, 0.3) is 0 Å². The number of carboxylic acid groups (broad SMARTS) is 1. The highest BCUT2D eigenvalue weighted by atomic mass is 16.7. The predicted molar refractivity (Wildman–Crippen MR) is 78.9 cm³/mol. The zero-order valence-electron chi connectivity index (χ0n) is 11.6. The summed E-state index contributed by atoms with van der Waals surface area (Å²) in [6, 6.07) is 14.0. The van der Waals surface area contributed by atoms with E-state index in [1.165, 1.54) is 0 Å². The lowest BCUT2D eigenvalue weighted by Crippen LogP contribution is -2.32. The molecule has 0 aliphatic carbocycles. The van der Waals surface area contributed by atoms with Crippen molar-refractivity contribution in [2.24, 2.45) is 5.73 Å². The Balaban J connectivity index is 1.91. The minimum atomic E-state index is -1.06. The Hall–Kier alpha value is -2.86. The van der Waals surface area contributed by atoms with Crippen LogP contribution in [-0.2, 0) is 11.2 Å². The van der Waals surface area contributed by atoms with Crippen molar-refractivity contribution >= 4 is 12.1 Å². The molecule has 22 heavy (non-hydrogen) atoms. The molecule has 0 radical (unpaired) electrons. The molecular formula is C16H15NO5. The first-order valence-corrected chi connectivity index (χ1v) is 6.56. The van der Waals surface area contributed by atoms with Crippen molar-refractivity contribution < 1.29 is 24.2 Å². The van der Waals surface area contributed by atoms with Crippen molar-refractivity contribution in [1.29, 1.82) is 0 Å². The summed E-state index contributed by atoms with van der Waals surface area (Å²) in [7, 11) is 0. The van der Waals surface area contributed by atoms with Crippen molar-refractivity contribution in [1.82, 2.24) is 0 Å². The summed E-state index contributed by atoms with van der Waals surface area (Å²) in [5, 5.41) is 8.75. The first kappa shape index (κ1) is 15.5. The lowest BCUT2D eigenvalue weighted by molar-refractivity contribution is -0.138. The van der Waals surface area contributed by atoms with Crippen LogP contribution in [0, 0.1) is 0 Å². The topological polar surface area (TPSA) is 98.9 Å². The summed E-state index contributed by atoms with van der Waals surface area (Å²) >= 11 is 0. The van der Waals surface area contributed by atoms with Crippen molar-refractivity contribution in [2.45, 2.75) is 12.5 Å². The van der Waals surface area contributed by atoms with E-state index in [1.807, 2.05) is 0 Å². The van der Waals surface area contributed by atoms with Gasteiger partial charge in [-0.3, -0.25) is 4.79 Å². The first-order chi connectivity index (χ1) is 10.5. The van der Waals surface area contributed by atoms with E-state index in [0.29, 0.717) is 11.5 Å². The van der Waals surface area contributed by atoms with E-state index in [2.05, 4.69) is 0 Å². The van der Waals surface area contributed by atoms with Crippen LogP contribution < -0.4 is 15.2 Å². The van der Waals surface area contributed by atoms with E-state index in [0.717, 1.165) is 5.56 Å². The van der Waals surface area contributed by atoms with Crippen LogP contribution >= 0.6 is 0 Å². The molecule has 6 heteroatoms. The molecule has 0 spiro atoms. The van der Waals surface area contributed by atoms with Gasteiger partial charge < -0.3 is 20.3 Å². The predicted octanol–water partition coefficient (Wildman–Crippen LogP) is 2.22. The molecule has 2 aromatic carbocycles. The Morgan fingerprint density at radius 3 is 2.05 bits per heavy atom. The summed E-state index contributed by atoms with van der Waals surface area (Å²) in [5.41, 5.74) is 6.18. The molecule has 114 valence electrons. The van der Waals surface area contributed by atoms with Gasteiger partial charge in [0.2, 0.25) is 0 Å². The van der Waals surface area contributed by atoms with Gasteiger partial charge >= 0.3 is 12.1 Å². The molecule has 6 nitrogen and oxygen atoms in total. The Morgan fingerprint density at radius 2 is 1.50 bits per heavy atom. The van der Waals surface area contributed by atoms with Gasteiger partial charge in [-0.25, -0.2) is 4.79 Å². The molecular weight excluding hydrogens is 286 g/mol. The van der Waals surface area contributed by atoms with E-state index in [4.69, 9.17) is 20.3 Å². The van der Waals surface area contributed by atoms with E-state index in [1.54, 1.807) is 54.6 Å². The highest BCUT2D eigenvalue weighted by Crippen LogP contribution is 2.15. The molecule has 0 aliphatic rings. The normalized spacial score (nSPS) is 11.5. The zero-order valence-corrected chi connectivity index (χ0v) is 11.6. The Bertz CT molecular complexity index is 639. The number of carbonyl (C=O) groups is 2. The van der Waals surface area contributed by atoms with Crippen LogP contribution in [0.1, 0.15) is 5.56 Å². The van der Waals surface area contributed by atoms with E-state index in [-0.39, 0.29) is 6.42 Å². The van der Waals surface area contributed by atoms with Crippen LogP contribution in [0.3, 0.4) is 0 Å². The largest absolute Gasteiger partial charge is 0.519 e. The smallest absolute Gasteiger partial charge is 0.480 e. The van der Waals surface area contributed by atoms with Crippen molar-refractivity contribution in [3.8, 4) is 11.5 Å². The third kappa shape index (κ3) is 4.60. The fraction of sp³-hybridized carbons (Fsp3) is 0.125. The van der Waals surface area contributed by atoms with Crippen LogP contribution in [0.25, 0.3) is 0 Å². The average molecular weight is 301 g/mol. The van der Waals surface area contributed by atoms with Gasteiger partial charge in [-0.2, -0.15) is 0 Å². The van der Waals surface area contributed by atoms with Crippen LogP contribution in [0.5, 0.6) is 11.5 Å². The second kappa shape index (κ2) is 7.24. The number of carbonyl (C=O) groups excluding carboxylic acids is 1. The van der Waals surface area contributed by atoms with E-state index >= 15 is 0 Å². The Kier molecular flexibility index (Phi) is 5.11. The van der Waals surface area contributed by atoms with Gasteiger partial charge in [-0.15, -0.1) is 0 Å². The van der Waals surface area contributed by atoms with Crippen LogP contribution in [0.4, 0.5) is 4.79 Å². The molecule has 0 unspecified atom stereocenters. The molecule has 1 atom stereocenters. The summed E-state index contributed by atoms with van der Waals surface area (Å²) < 4.78 is 10.0. The standard InChI is InChI=1S/C16H15NO5/c17-14(15(18)19)10-11-6-8-13(9-7-11)22-16(20)21-12-4-2-1-3-5-12/h1-9,14H,10,17H2,(H,18,19)/t14-/m0/s1. The van der Waals surface area contributed by atoms with Gasteiger partial charge in [-0.1, -0.05) is 30.3 Å². The fourth-order valence-corrected chi connectivity index (χ4v) is 1.74. The number of aliphatic carboxylic acids is 1. The minimum absolute atomic E-state index is 0.198. The number of hydrogen-bond donors (Lipinski definition) is 2. The Morgan fingerprint density at radius 1 is 0.955 bits per heavy atom. The van der Waals surface area contributed by atoms with Crippen LogP contribution in [0.15, 0.2) is 54.6 Å². The van der Waals surface area contributed by atoms with Gasteiger partial charge in [0.1, 0.15) is 17.5 Å². The summed E-state index contributed by atoms with van der Waals surface area (Å²) in [4.78, 5) is 22.3. The number of nitrogens with two attached hydrogens (primary N) is 1. The maximum absolute atomic E-state index is 11.6. The molecule has 0 saturated carbocycles. The maximum atomic E-state index is 11.6. The average Bonchev–Trinajstić information content (AvgIpc) is 2.50. The SMILES string of the molecule is N[C@@H](Cc1ccc(OC(=O)Oc2ccccc2)cc1)C(=O)O. The van der Waals surface area contributed by atoms with Crippen molar-refractivity contribution in [3.63, 3.8) is 0 Å². The third-order valence-corrected chi connectivity index (χ3v) is 2.84. The molecule has 0 heterocycles. The highest BCUT2D eigenvalue weighted by molar-refractivity contribution is 5.73. The molecule has 3 N–H and O–H groups in total. The minimum Gasteiger partial charge on any atom is -0.480 e. The lowest BCUT2D eigenvalue weighted by Gasteiger charge is -2.08. The summed E-state index contributed by atoms with van der Waals surface area (Å²) in [5.74, 6) is -0.378. The van der Waals surface area contributed by atoms with Crippen molar-refractivity contribution in [3.05, 3.63) is 60.2 Å². The molecule has 0 fully saturated rings. The second-order valence-corrected chi connectivity index (χ2v) is 4.56. The number of ether oxygens (including phenoxy) is 2. The zero-order chi connectivity index (χ0) is 15.9. The number of rotatable bonds is 5. The molecule has 0 aromatic heterocycles. The molecule has 2 rings (SSSR count). The number of carboxylic acids is 1. The van der Waals surface area contributed by atoms with E-state index in [9.17, 15) is 9.59 Å². The molecule has 0 saturated heterocycles. The third-order valence-electron chi connectivity index (χ3n) is 2.84. The van der Waals surface area contributed by atoms with Crippen LogP contribution in [0.2, 0.25) is 0 Å². The van der Waals surface area contributed by atoms with Crippen molar-refractivity contribution in [2.75, 3.05) is 0 Å². The number of benzene rings is 2.